The Kier molecular flexibility index (Phi) is 7.17. The molecule has 164 valence electrons. The fourth-order valence-corrected chi connectivity index (χ4v) is 2.93. The summed E-state index contributed by atoms with van der Waals surface area (Å²) < 4.78 is 23.8. The molecule has 2 amide bonds. The number of nitrogens with zero attached hydrogens (tertiary/aromatic N) is 1. The molecule has 0 unspecified atom stereocenters. The number of nitrogens with one attached hydrogen (secondary N) is 2. The highest BCUT2D eigenvalue weighted by atomic mass is 19.1. The molecule has 3 aromatic rings. The second-order valence-corrected chi connectivity index (χ2v) is 6.72. The van der Waals surface area contributed by atoms with Crippen molar-refractivity contribution in [3.8, 4) is 11.5 Å². The first-order valence-corrected chi connectivity index (χ1v) is 9.66. The predicted molar refractivity (Wildman–Crippen MR) is 120 cm³/mol. The third kappa shape index (κ3) is 5.28. The van der Waals surface area contributed by atoms with E-state index < -0.39 is 17.6 Å². The number of hydrogen-bond acceptors (Lipinski definition) is 5. The summed E-state index contributed by atoms with van der Waals surface area (Å²) >= 11 is 0. The van der Waals surface area contributed by atoms with Gasteiger partial charge in [0.2, 0.25) is 0 Å². The molecule has 2 N–H and O–H groups in total. The van der Waals surface area contributed by atoms with E-state index in [0.717, 1.165) is 0 Å². The van der Waals surface area contributed by atoms with E-state index in [1.165, 1.54) is 26.4 Å². The van der Waals surface area contributed by atoms with Crippen molar-refractivity contribution in [1.29, 1.82) is 0 Å². The molecule has 32 heavy (non-hydrogen) atoms. The van der Waals surface area contributed by atoms with Gasteiger partial charge in [0, 0.05) is 11.1 Å². The van der Waals surface area contributed by atoms with Crippen molar-refractivity contribution in [2.24, 2.45) is 5.10 Å². The number of carbonyl (C=O) groups excluding carboxylic acids is 2. The van der Waals surface area contributed by atoms with Crippen molar-refractivity contribution >= 4 is 23.2 Å². The number of methoxy groups -OCH3 is 2. The van der Waals surface area contributed by atoms with E-state index in [-0.39, 0.29) is 5.56 Å². The largest absolute Gasteiger partial charge is 0.493 e. The van der Waals surface area contributed by atoms with Crippen LogP contribution in [-0.2, 0) is 0 Å². The summed E-state index contributed by atoms with van der Waals surface area (Å²) in [6.07, 6.45) is 0. The van der Waals surface area contributed by atoms with Gasteiger partial charge in [0.15, 0.2) is 11.5 Å². The van der Waals surface area contributed by atoms with Gasteiger partial charge in [0.05, 0.1) is 31.2 Å². The normalized spacial score (nSPS) is 10.9. The standard InChI is InChI=1S/C24H22FN3O4/c1-15(16-7-6-8-18(25)13-16)27-28-24(30)19-9-4-5-10-20(19)26-23(29)17-11-12-21(31-2)22(14-17)32-3/h4-14H,1-3H3,(H,26,29)(H,28,30)/b27-15-. The van der Waals surface area contributed by atoms with Crippen molar-refractivity contribution in [2.75, 3.05) is 19.5 Å². The Balaban J connectivity index is 1.77. The Morgan fingerprint density at radius 2 is 1.59 bits per heavy atom. The van der Waals surface area contributed by atoms with Gasteiger partial charge >= 0.3 is 0 Å². The molecular weight excluding hydrogens is 413 g/mol. The Morgan fingerprint density at radius 1 is 0.844 bits per heavy atom. The van der Waals surface area contributed by atoms with Crippen molar-refractivity contribution in [3.63, 3.8) is 0 Å². The summed E-state index contributed by atoms with van der Waals surface area (Å²) in [6.45, 7) is 1.65. The van der Waals surface area contributed by atoms with Crippen LogP contribution in [-0.4, -0.2) is 31.7 Å². The monoisotopic (exact) mass is 435 g/mol. The van der Waals surface area contributed by atoms with Crippen molar-refractivity contribution in [1.82, 2.24) is 5.43 Å². The molecule has 0 atom stereocenters. The number of carbonyl (C=O) groups is 2. The lowest BCUT2D eigenvalue weighted by Crippen LogP contribution is -2.22. The van der Waals surface area contributed by atoms with Crippen molar-refractivity contribution in [2.45, 2.75) is 6.92 Å². The molecule has 0 heterocycles. The van der Waals surface area contributed by atoms with Gasteiger partial charge in [-0.05, 0) is 49.4 Å². The topological polar surface area (TPSA) is 89.0 Å². The van der Waals surface area contributed by atoms with Gasteiger partial charge in [-0.3, -0.25) is 9.59 Å². The SMILES string of the molecule is COc1ccc(C(=O)Nc2ccccc2C(=O)N/N=C(/C)c2cccc(F)c2)cc1OC. The number of para-hydroxylation sites is 1. The minimum Gasteiger partial charge on any atom is -0.493 e. The molecular formula is C24H22FN3O4. The summed E-state index contributed by atoms with van der Waals surface area (Å²) in [6, 6.07) is 17.2. The minimum atomic E-state index is -0.524. The van der Waals surface area contributed by atoms with Crippen LogP contribution in [0.15, 0.2) is 71.8 Å². The third-order valence-corrected chi connectivity index (χ3v) is 4.63. The molecule has 0 fully saturated rings. The van der Waals surface area contributed by atoms with E-state index in [1.54, 1.807) is 61.5 Å². The van der Waals surface area contributed by atoms with Crippen molar-refractivity contribution in [3.05, 3.63) is 89.2 Å². The number of hydrogen-bond donors (Lipinski definition) is 2. The number of ether oxygens (including phenoxy) is 2. The molecule has 0 aliphatic rings. The quantitative estimate of drug-likeness (QED) is 0.429. The lowest BCUT2D eigenvalue weighted by molar-refractivity contribution is 0.0955. The highest BCUT2D eigenvalue weighted by molar-refractivity contribution is 6.09. The Morgan fingerprint density at radius 3 is 2.31 bits per heavy atom. The third-order valence-electron chi connectivity index (χ3n) is 4.63. The maximum atomic E-state index is 13.4. The zero-order valence-corrected chi connectivity index (χ0v) is 17.8. The molecule has 3 rings (SSSR count). The maximum Gasteiger partial charge on any atom is 0.273 e. The first-order chi connectivity index (χ1) is 15.4. The Hall–Kier alpha value is -4.20. The summed E-state index contributed by atoms with van der Waals surface area (Å²) in [5, 5.41) is 6.77. The first kappa shape index (κ1) is 22.5. The van der Waals surface area contributed by atoms with E-state index >= 15 is 0 Å². The van der Waals surface area contributed by atoms with Gasteiger partial charge < -0.3 is 14.8 Å². The molecule has 7 nitrogen and oxygen atoms in total. The zero-order chi connectivity index (χ0) is 23.1. The molecule has 0 radical (unpaired) electrons. The number of hydrazone groups is 1. The molecule has 0 aromatic heterocycles. The van der Waals surface area contributed by atoms with Crippen LogP contribution in [0.25, 0.3) is 0 Å². The van der Waals surface area contributed by atoms with Crippen LogP contribution in [0, 0.1) is 5.82 Å². The van der Waals surface area contributed by atoms with Gasteiger partial charge in [-0.1, -0.05) is 24.3 Å². The Bertz CT molecular complexity index is 1180. The first-order valence-electron chi connectivity index (χ1n) is 9.66. The number of halogens is 1. The molecule has 0 aliphatic heterocycles. The van der Waals surface area contributed by atoms with Crippen molar-refractivity contribution < 1.29 is 23.5 Å². The van der Waals surface area contributed by atoms with Crippen LogP contribution in [0.4, 0.5) is 10.1 Å². The number of amides is 2. The lowest BCUT2D eigenvalue weighted by Gasteiger charge is -2.12. The molecule has 3 aromatic carbocycles. The van der Waals surface area contributed by atoms with Crippen LogP contribution in [0.3, 0.4) is 0 Å². The van der Waals surface area contributed by atoms with E-state index in [2.05, 4.69) is 15.8 Å². The lowest BCUT2D eigenvalue weighted by atomic mass is 10.1. The molecule has 0 saturated carbocycles. The Labute approximate surface area is 184 Å². The second kappa shape index (κ2) is 10.2. The van der Waals surface area contributed by atoms with Gasteiger partial charge in [-0.2, -0.15) is 5.10 Å². The fraction of sp³-hybridized carbons (Fsp3) is 0.125. The van der Waals surface area contributed by atoms with E-state index in [0.29, 0.717) is 34.0 Å². The van der Waals surface area contributed by atoms with Gasteiger partial charge in [-0.25, -0.2) is 9.82 Å². The highest BCUT2D eigenvalue weighted by Gasteiger charge is 2.16. The smallest absolute Gasteiger partial charge is 0.273 e. The van der Waals surface area contributed by atoms with E-state index in [4.69, 9.17) is 9.47 Å². The molecule has 0 bridgehead atoms. The summed E-state index contributed by atoms with van der Waals surface area (Å²) in [5.74, 6) is -0.440. The molecule has 8 heteroatoms. The minimum absolute atomic E-state index is 0.220. The highest BCUT2D eigenvalue weighted by Crippen LogP contribution is 2.28. The second-order valence-electron chi connectivity index (χ2n) is 6.72. The predicted octanol–water partition coefficient (Wildman–Crippen LogP) is 4.25. The van der Waals surface area contributed by atoms with E-state index in [1.807, 2.05) is 0 Å². The maximum absolute atomic E-state index is 13.4. The van der Waals surface area contributed by atoms with Crippen LogP contribution >= 0.6 is 0 Å². The zero-order valence-electron chi connectivity index (χ0n) is 17.8. The number of anilines is 1. The summed E-state index contributed by atoms with van der Waals surface area (Å²) in [7, 11) is 2.98. The van der Waals surface area contributed by atoms with E-state index in [9.17, 15) is 14.0 Å². The molecule has 0 aliphatic carbocycles. The van der Waals surface area contributed by atoms with Crippen LogP contribution < -0.4 is 20.2 Å². The average molecular weight is 435 g/mol. The average Bonchev–Trinajstić information content (AvgIpc) is 2.82. The van der Waals surface area contributed by atoms with Gasteiger partial charge in [-0.15, -0.1) is 0 Å². The number of benzene rings is 3. The van der Waals surface area contributed by atoms with Crippen LogP contribution in [0.2, 0.25) is 0 Å². The number of rotatable bonds is 7. The summed E-state index contributed by atoms with van der Waals surface area (Å²) in [5.41, 5.74) is 4.28. The van der Waals surface area contributed by atoms with Gasteiger partial charge in [0.1, 0.15) is 5.82 Å². The summed E-state index contributed by atoms with van der Waals surface area (Å²) in [4.78, 5) is 25.4. The van der Waals surface area contributed by atoms with Crippen LogP contribution in [0.5, 0.6) is 11.5 Å². The molecule has 0 spiro atoms. The fourth-order valence-electron chi connectivity index (χ4n) is 2.93. The molecule has 0 saturated heterocycles. The van der Waals surface area contributed by atoms with Crippen LogP contribution in [0.1, 0.15) is 33.2 Å². The van der Waals surface area contributed by atoms with Gasteiger partial charge in [0.25, 0.3) is 11.8 Å².